The van der Waals surface area contributed by atoms with Gasteiger partial charge in [-0.15, -0.1) is 0 Å². The van der Waals surface area contributed by atoms with E-state index in [2.05, 4.69) is 10.6 Å². The number of urea groups is 1. The SMILES string of the molecule is Cc1ccc(NC(=O)N[C@H](C)C(=O)N2CCc3ccccc32)c(C)c1. The van der Waals surface area contributed by atoms with Crippen molar-refractivity contribution in [2.45, 2.75) is 33.2 Å². The third-order valence-electron chi connectivity index (χ3n) is 4.50. The number of aryl methyl sites for hydroxylation is 2. The molecule has 2 aromatic rings. The van der Waals surface area contributed by atoms with Gasteiger partial charge in [0.1, 0.15) is 6.04 Å². The first-order chi connectivity index (χ1) is 12.0. The van der Waals surface area contributed by atoms with Crippen molar-refractivity contribution in [3.8, 4) is 0 Å². The number of benzene rings is 2. The van der Waals surface area contributed by atoms with Crippen molar-refractivity contribution in [2.24, 2.45) is 0 Å². The normalized spacial score (nSPS) is 14.0. The molecule has 2 N–H and O–H groups in total. The van der Waals surface area contributed by atoms with Crippen molar-refractivity contribution in [3.05, 3.63) is 59.2 Å². The molecule has 1 heterocycles. The first-order valence-corrected chi connectivity index (χ1v) is 8.50. The van der Waals surface area contributed by atoms with Gasteiger partial charge in [-0.2, -0.15) is 0 Å². The van der Waals surface area contributed by atoms with E-state index in [1.807, 2.05) is 56.3 Å². The molecule has 2 aromatic carbocycles. The van der Waals surface area contributed by atoms with Crippen molar-refractivity contribution in [1.82, 2.24) is 5.32 Å². The van der Waals surface area contributed by atoms with Crippen LogP contribution in [0.4, 0.5) is 16.2 Å². The van der Waals surface area contributed by atoms with Gasteiger partial charge in [0, 0.05) is 17.9 Å². The largest absolute Gasteiger partial charge is 0.326 e. The van der Waals surface area contributed by atoms with Gasteiger partial charge in [-0.3, -0.25) is 4.79 Å². The number of hydrogen-bond donors (Lipinski definition) is 2. The first kappa shape index (κ1) is 17.0. The summed E-state index contributed by atoms with van der Waals surface area (Å²) in [6, 6.07) is 12.7. The van der Waals surface area contributed by atoms with Gasteiger partial charge in [-0.1, -0.05) is 35.9 Å². The number of rotatable bonds is 3. The lowest BCUT2D eigenvalue weighted by molar-refractivity contribution is -0.119. The number of nitrogens with zero attached hydrogens (tertiary/aromatic N) is 1. The minimum Gasteiger partial charge on any atom is -0.326 e. The molecule has 0 fully saturated rings. The summed E-state index contributed by atoms with van der Waals surface area (Å²) < 4.78 is 0. The van der Waals surface area contributed by atoms with Gasteiger partial charge in [0.05, 0.1) is 0 Å². The summed E-state index contributed by atoms with van der Waals surface area (Å²) in [6.45, 7) is 6.32. The van der Waals surface area contributed by atoms with E-state index < -0.39 is 6.04 Å². The number of fused-ring (bicyclic) bond motifs is 1. The molecule has 0 spiro atoms. The highest BCUT2D eigenvalue weighted by Gasteiger charge is 2.28. The lowest BCUT2D eigenvalue weighted by atomic mass is 10.1. The van der Waals surface area contributed by atoms with Crippen LogP contribution in [0.1, 0.15) is 23.6 Å². The number of carbonyl (C=O) groups excluding carboxylic acids is 2. The van der Waals surface area contributed by atoms with Crippen molar-refractivity contribution >= 4 is 23.3 Å². The van der Waals surface area contributed by atoms with Crippen molar-refractivity contribution in [3.63, 3.8) is 0 Å². The molecule has 0 radical (unpaired) electrons. The number of amides is 3. The zero-order valence-corrected chi connectivity index (χ0v) is 14.8. The molecule has 3 rings (SSSR count). The fourth-order valence-electron chi connectivity index (χ4n) is 3.17. The second-order valence-electron chi connectivity index (χ2n) is 6.51. The molecule has 0 saturated heterocycles. The second kappa shape index (κ2) is 6.97. The molecular weight excluding hydrogens is 314 g/mol. The van der Waals surface area contributed by atoms with E-state index in [0.29, 0.717) is 6.54 Å². The van der Waals surface area contributed by atoms with Crippen LogP contribution in [0.5, 0.6) is 0 Å². The third kappa shape index (κ3) is 3.65. The highest BCUT2D eigenvalue weighted by Crippen LogP contribution is 2.27. The van der Waals surface area contributed by atoms with Crippen LogP contribution in [0, 0.1) is 13.8 Å². The van der Waals surface area contributed by atoms with Gasteiger partial charge >= 0.3 is 6.03 Å². The summed E-state index contributed by atoms with van der Waals surface area (Å²) in [7, 11) is 0. The predicted molar refractivity (Wildman–Crippen MR) is 100 cm³/mol. The number of para-hydroxylation sites is 1. The van der Waals surface area contributed by atoms with E-state index in [4.69, 9.17) is 0 Å². The standard InChI is InChI=1S/C20H23N3O2/c1-13-8-9-17(14(2)12-13)22-20(25)21-15(3)19(24)23-11-10-16-6-4-5-7-18(16)23/h4-9,12,15H,10-11H2,1-3H3,(H2,21,22,25)/t15-/m1/s1. The maximum Gasteiger partial charge on any atom is 0.319 e. The quantitative estimate of drug-likeness (QED) is 0.902. The van der Waals surface area contributed by atoms with Gasteiger partial charge < -0.3 is 15.5 Å². The third-order valence-corrected chi connectivity index (χ3v) is 4.50. The van der Waals surface area contributed by atoms with E-state index in [1.165, 1.54) is 5.56 Å². The van der Waals surface area contributed by atoms with Gasteiger partial charge in [0.15, 0.2) is 0 Å². The summed E-state index contributed by atoms with van der Waals surface area (Å²) in [5.74, 6) is -0.0965. The average Bonchev–Trinajstić information content (AvgIpc) is 3.00. The van der Waals surface area contributed by atoms with Crippen molar-refractivity contribution < 1.29 is 9.59 Å². The fourth-order valence-corrected chi connectivity index (χ4v) is 3.17. The van der Waals surface area contributed by atoms with Crippen LogP contribution < -0.4 is 15.5 Å². The lowest BCUT2D eigenvalue weighted by Gasteiger charge is -2.22. The predicted octanol–water partition coefficient (Wildman–Crippen LogP) is 3.40. The molecule has 0 unspecified atom stereocenters. The molecule has 1 aliphatic heterocycles. The molecule has 5 heteroatoms. The van der Waals surface area contributed by atoms with E-state index in [9.17, 15) is 9.59 Å². The fraction of sp³-hybridized carbons (Fsp3) is 0.300. The van der Waals surface area contributed by atoms with Gasteiger partial charge in [-0.25, -0.2) is 4.79 Å². The Morgan fingerprint density at radius 2 is 1.88 bits per heavy atom. The summed E-state index contributed by atoms with van der Waals surface area (Å²) in [5, 5.41) is 5.55. The minimum atomic E-state index is -0.600. The zero-order valence-electron chi connectivity index (χ0n) is 14.8. The minimum absolute atomic E-state index is 0.0965. The summed E-state index contributed by atoms with van der Waals surface area (Å²) in [6.07, 6.45) is 0.851. The summed E-state index contributed by atoms with van der Waals surface area (Å²) >= 11 is 0. The Morgan fingerprint density at radius 1 is 1.12 bits per heavy atom. The Hall–Kier alpha value is -2.82. The Balaban J connectivity index is 1.63. The first-order valence-electron chi connectivity index (χ1n) is 8.50. The molecule has 130 valence electrons. The van der Waals surface area contributed by atoms with Crippen LogP contribution in [-0.2, 0) is 11.2 Å². The molecule has 0 aromatic heterocycles. The maximum atomic E-state index is 12.7. The Kier molecular flexibility index (Phi) is 4.74. The molecule has 5 nitrogen and oxygen atoms in total. The highest BCUT2D eigenvalue weighted by molar-refractivity contribution is 6.01. The van der Waals surface area contributed by atoms with Crippen LogP contribution >= 0.6 is 0 Å². The lowest BCUT2D eigenvalue weighted by Crippen LogP contribution is -2.47. The Bertz CT molecular complexity index is 816. The molecule has 0 aliphatic carbocycles. The van der Waals surface area contributed by atoms with E-state index in [0.717, 1.165) is 28.9 Å². The van der Waals surface area contributed by atoms with Gasteiger partial charge in [0.2, 0.25) is 5.91 Å². The van der Waals surface area contributed by atoms with Crippen LogP contribution in [0.3, 0.4) is 0 Å². The van der Waals surface area contributed by atoms with Crippen LogP contribution in [0.25, 0.3) is 0 Å². The highest BCUT2D eigenvalue weighted by atomic mass is 16.2. The van der Waals surface area contributed by atoms with Crippen LogP contribution in [0.15, 0.2) is 42.5 Å². The van der Waals surface area contributed by atoms with Crippen molar-refractivity contribution in [1.29, 1.82) is 0 Å². The smallest absolute Gasteiger partial charge is 0.319 e. The second-order valence-corrected chi connectivity index (χ2v) is 6.51. The number of carbonyl (C=O) groups is 2. The molecule has 3 amide bonds. The molecule has 25 heavy (non-hydrogen) atoms. The monoisotopic (exact) mass is 337 g/mol. The summed E-state index contributed by atoms with van der Waals surface area (Å²) in [5.41, 5.74) is 4.98. The number of hydrogen-bond acceptors (Lipinski definition) is 2. The maximum absolute atomic E-state index is 12.7. The Morgan fingerprint density at radius 3 is 2.64 bits per heavy atom. The summed E-state index contributed by atoms with van der Waals surface area (Å²) in [4.78, 5) is 26.7. The molecular formula is C20H23N3O2. The topological polar surface area (TPSA) is 61.4 Å². The van der Waals surface area contributed by atoms with Gasteiger partial charge in [0.25, 0.3) is 0 Å². The van der Waals surface area contributed by atoms with Crippen molar-refractivity contribution in [2.75, 3.05) is 16.8 Å². The van der Waals surface area contributed by atoms with Crippen LogP contribution in [-0.4, -0.2) is 24.5 Å². The molecule has 1 atom stereocenters. The van der Waals surface area contributed by atoms with E-state index >= 15 is 0 Å². The van der Waals surface area contributed by atoms with E-state index in [-0.39, 0.29) is 11.9 Å². The van der Waals surface area contributed by atoms with E-state index in [1.54, 1.807) is 11.8 Å². The number of nitrogens with one attached hydrogen (secondary N) is 2. The molecule has 0 bridgehead atoms. The van der Waals surface area contributed by atoms with Gasteiger partial charge in [-0.05, 0) is 50.5 Å². The molecule has 0 saturated carbocycles. The zero-order chi connectivity index (χ0) is 18.0. The van der Waals surface area contributed by atoms with Crippen LogP contribution in [0.2, 0.25) is 0 Å². The Labute approximate surface area is 148 Å². The molecule has 1 aliphatic rings. The number of anilines is 2. The average molecular weight is 337 g/mol.